The third kappa shape index (κ3) is 6.19. The fraction of sp³-hybridized carbons (Fsp3) is 0.143. The van der Waals surface area contributed by atoms with Gasteiger partial charge in [-0.25, -0.2) is 4.79 Å². The Labute approximate surface area is 157 Å². The summed E-state index contributed by atoms with van der Waals surface area (Å²) < 4.78 is 45.4. The predicted molar refractivity (Wildman–Crippen MR) is 91.7 cm³/mol. The lowest BCUT2D eigenvalue weighted by Gasteiger charge is -2.09. The van der Waals surface area contributed by atoms with Crippen LogP contribution in [0.1, 0.15) is 5.56 Å². The molecular formula is C14H9BrF3N3O4S. The number of halogens is 4. The molecule has 7 nitrogen and oxygen atoms in total. The van der Waals surface area contributed by atoms with Crippen molar-refractivity contribution >= 4 is 51.0 Å². The SMILES string of the molecule is COC(=O)/C=C1/S/C(=N\N=Cc2cc(Br)cc(OC(F)(F)F)c2)NC1=O. The number of hydrogen-bond donors (Lipinski definition) is 1. The van der Waals surface area contributed by atoms with Crippen LogP contribution < -0.4 is 10.1 Å². The van der Waals surface area contributed by atoms with Gasteiger partial charge in [-0.1, -0.05) is 15.9 Å². The zero-order chi connectivity index (χ0) is 19.3. The summed E-state index contributed by atoms with van der Waals surface area (Å²) in [5.74, 6) is -1.66. The number of rotatable bonds is 4. The summed E-state index contributed by atoms with van der Waals surface area (Å²) in [6, 6.07) is 3.76. The van der Waals surface area contributed by atoms with Crippen LogP contribution in [0.4, 0.5) is 13.2 Å². The number of carbonyl (C=O) groups is 2. The summed E-state index contributed by atoms with van der Waals surface area (Å²) in [5.41, 5.74) is 0.280. The van der Waals surface area contributed by atoms with Gasteiger partial charge in [0.25, 0.3) is 5.91 Å². The van der Waals surface area contributed by atoms with Gasteiger partial charge in [-0.15, -0.1) is 18.3 Å². The first-order valence-electron chi connectivity index (χ1n) is 6.62. The standard InChI is InChI=1S/C14H9BrF3N3O4S/c1-24-11(22)5-10-12(23)20-13(26-10)21-19-6-7-2-8(15)4-9(3-7)25-14(16,17)18/h2-6H,1H3,(H,20,21,23)/b10-5+,19-6?. The highest BCUT2D eigenvalue weighted by Crippen LogP contribution is 2.27. The highest BCUT2D eigenvalue weighted by Gasteiger charge is 2.31. The lowest BCUT2D eigenvalue weighted by atomic mass is 10.2. The van der Waals surface area contributed by atoms with Crippen LogP contribution in [-0.4, -0.2) is 36.7 Å². The molecule has 0 unspecified atom stereocenters. The number of methoxy groups -OCH3 is 1. The molecule has 2 rings (SSSR count). The molecule has 0 atom stereocenters. The molecule has 0 saturated carbocycles. The Balaban J connectivity index is 2.11. The first kappa shape index (κ1) is 20.0. The molecular weight excluding hydrogens is 443 g/mol. The maximum atomic E-state index is 12.3. The molecule has 1 aromatic carbocycles. The maximum absolute atomic E-state index is 12.3. The van der Waals surface area contributed by atoms with Gasteiger partial charge in [0.2, 0.25) is 0 Å². The number of nitrogens with one attached hydrogen (secondary N) is 1. The number of nitrogens with zero attached hydrogens (tertiary/aromatic N) is 2. The molecule has 12 heteroatoms. The first-order valence-corrected chi connectivity index (χ1v) is 8.23. The number of benzene rings is 1. The van der Waals surface area contributed by atoms with Crippen molar-refractivity contribution in [1.82, 2.24) is 5.32 Å². The summed E-state index contributed by atoms with van der Waals surface area (Å²) >= 11 is 3.93. The predicted octanol–water partition coefficient (Wildman–Crippen LogP) is 2.96. The van der Waals surface area contributed by atoms with Gasteiger partial charge in [-0.2, -0.15) is 5.10 Å². The molecule has 1 fully saturated rings. The summed E-state index contributed by atoms with van der Waals surface area (Å²) in [5, 5.41) is 9.90. The average molecular weight is 452 g/mol. The van der Waals surface area contributed by atoms with E-state index in [-0.39, 0.29) is 15.6 Å². The van der Waals surface area contributed by atoms with E-state index in [1.54, 1.807) is 0 Å². The molecule has 0 radical (unpaired) electrons. The number of carbonyl (C=O) groups excluding carboxylic acids is 2. The van der Waals surface area contributed by atoms with E-state index in [9.17, 15) is 22.8 Å². The fourth-order valence-corrected chi connectivity index (χ4v) is 2.87. The van der Waals surface area contributed by atoms with Gasteiger partial charge in [-0.05, 0) is 35.5 Å². The van der Waals surface area contributed by atoms with Crippen molar-refractivity contribution in [3.63, 3.8) is 0 Å². The molecule has 0 aromatic heterocycles. The normalized spacial score (nSPS) is 17.8. The zero-order valence-electron chi connectivity index (χ0n) is 12.8. The molecule has 0 aliphatic carbocycles. The molecule has 138 valence electrons. The van der Waals surface area contributed by atoms with Crippen molar-refractivity contribution in [3.05, 3.63) is 39.2 Å². The van der Waals surface area contributed by atoms with Crippen molar-refractivity contribution in [1.29, 1.82) is 0 Å². The third-order valence-electron chi connectivity index (χ3n) is 2.58. The Bertz CT molecular complexity index is 824. The second-order valence-electron chi connectivity index (χ2n) is 4.51. The van der Waals surface area contributed by atoms with E-state index >= 15 is 0 Å². The van der Waals surface area contributed by atoms with E-state index in [1.807, 2.05) is 0 Å². The van der Waals surface area contributed by atoms with Crippen LogP contribution in [0, 0.1) is 0 Å². The lowest BCUT2D eigenvalue weighted by Crippen LogP contribution is -2.19. The van der Waals surface area contributed by atoms with Crippen LogP contribution in [0.5, 0.6) is 5.75 Å². The number of thioether (sulfide) groups is 1. The molecule has 0 bridgehead atoms. The lowest BCUT2D eigenvalue weighted by molar-refractivity contribution is -0.274. The van der Waals surface area contributed by atoms with E-state index in [2.05, 4.69) is 40.9 Å². The minimum Gasteiger partial charge on any atom is -0.466 e. The Morgan fingerprint density at radius 1 is 1.35 bits per heavy atom. The monoisotopic (exact) mass is 451 g/mol. The van der Waals surface area contributed by atoms with E-state index in [0.29, 0.717) is 4.47 Å². The van der Waals surface area contributed by atoms with Crippen LogP contribution in [0.25, 0.3) is 0 Å². The largest absolute Gasteiger partial charge is 0.573 e. The highest BCUT2D eigenvalue weighted by molar-refractivity contribution is 9.10. The minimum absolute atomic E-state index is 0.0779. The van der Waals surface area contributed by atoms with Gasteiger partial charge >= 0.3 is 12.3 Å². The molecule has 1 aliphatic rings. The van der Waals surface area contributed by atoms with Gasteiger partial charge in [0, 0.05) is 10.5 Å². The Kier molecular flexibility index (Phi) is 6.42. The van der Waals surface area contributed by atoms with Crippen molar-refractivity contribution in [3.8, 4) is 5.75 Å². The number of hydrogen-bond acceptors (Lipinski definition) is 7. The van der Waals surface area contributed by atoms with E-state index in [0.717, 1.165) is 30.0 Å². The molecule has 1 saturated heterocycles. The number of amides is 1. The smallest absolute Gasteiger partial charge is 0.466 e. The Morgan fingerprint density at radius 2 is 2.08 bits per heavy atom. The number of amidine groups is 1. The first-order chi connectivity index (χ1) is 12.2. The quantitative estimate of drug-likeness (QED) is 0.329. The van der Waals surface area contributed by atoms with E-state index in [4.69, 9.17) is 0 Å². The van der Waals surface area contributed by atoms with E-state index < -0.39 is 24.0 Å². The van der Waals surface area contributed by atoms with Gasteiger partial charge in [0.05, 0.1) is 18.2 Å². The molecule has 1 aromatic rings. The summed E-state index contributed by atoms with van der Waals surface area (Å²) in [4.78, 5) is 22.8. The maximum Gasteiger partial charge on any atom is 0.573 e. The van der Waals surface area contributed by atoms with Gasteiger partial charge < -0.3 is 9.47 Å². The highest BCUT2D eigenvalue weighted by atomic mass is 79.9. The van der Waals surface area contributed by atoms with Crippen LogP contribution in [0.3, 0.4) is 0 Å². The number of ether oxygens (including phenoxy) is 2. The summed E-state index contributed by atoms with van der Waals surface area (Å²) in [7, 11) is 1.17. The van der Waals surface area contributed by atoms with Crippen molar-refractivity contribution < 1.29 is 32.2 Å². The van der Waals surface area contributed by atoms with Crippen LogP contribution in [0.15, 0.2) is 43.9 Å². The molecule has 0 spiro atoms. The molecule has 1 N–H and O–H groups in total. The Hall–Kier alpha value is -2.34. The number of esters is 1. The van der Waals surface area contributed by atoms with Crippen molar-refractivity contribution in [2.75, 3.05) is 7.11 Å². The van der Waals surface area contributed by atoms with Gasteiger partial charge in [0.1, 0.15) is 5.75 Å². The molecule has 1 aliphatic heterocycles. The van der Waals surface area contributed by atoms with Crippen LogP contribution in [-0.2, 0) is 14.3 Å². The third-order valence-corrected chi connectivity index (χ3v) is 3.94. The van der Waals surface area contributed by atoms with Gasteiger partial charge in [0.15, 0.2) is 5.17 Å². The summed E-state index contributed by atoms with van der Waals surface area (Å²) in [6.45, 7) is 0. The van der Waals surface area contributed by atoms with Crippen LogP contribution in [0.2, 0.25) is 0 Å². The molecule has 26 heavy (non-hydrogen) atoms. The molecule has 1 amide bonds. The average Bonchev–Trinajstić information content (AvgIpc) is 2.84. The van der Waals surface area contributed by atoms with Crippen LogP contribution >= 0.6 is 27.7 Å². The zero-order valence-corrected chi connectivity index (χ0v) is 15.2. The van der Waals surface area contributed by atoms with E-state index in [1.165, 1.54) is 19.4 Å². The topological polar surface area (TPSA) is 89.3 Å². The number of alkyl halides is 3. The fourth-order valence-electron chi connectivity index (χ4n) is 1.64. The summed E-state index contributed by atoms with van der Waals surface area (Å²) in [6.07, 6.45) is -2.64. The van der Waals surface area contributed by atoms with Crippen molar-refractivity contribution in [2.45, 2.75) is 6.36 Å². The van der Waals surface area contributed by atoms with Crippen molar-refractivity contribution in [2.24, 2.45) is 10.2 Å². The Morgan fingerprint density at radius 3 is 2.73 bits per heavy atom. The van der Waals surface area contributed by atoms with Gasteiger partial charge in [-0.3, -0.25) is 10.1 Å². The second kappa shape index (κ2) is 8.36. The minimum atomic E-state index is -4.82. The second-order valence-corrected chi connectivity index (χ2v) is 6.45. The molecule has 1 heterocycles.